The van der Waals surface area contributed by atoms with Crippen LogP contribution < -0.4 is 5.32 Å². The Morgan fingerprint density at radius 2 is 2.19 bits per heavy atom. The van der Waals surface area contributed by atoms with Crippen LogP contribution in [0.15, 0.2) is 36.7 Å². The maximum Gasteiger partial charge on any atom is 0.232 e. The van der Waals surface area contributed by atoms with Gasteiger partial charge in [0, 0.05) is 28.8 Å². The van der Waals surface area contributed by atoms with Crippen molar-refractivity contribution >= 4 is 23.3 Å². The van der Waals surface area contributed by atoms with E-state index in [2.05, 4.69) is 20.6 Å². The summed E-state index contributed by atoms with van der Waals surface area (Å²) in [7, 11) is 0. The van der Waals surface area contributed by atoms with E-state index >= 15 is 0 Å². The van der Waals surface area contributed by atoms with Crippen molar-refractivity contribution in [3.8, 4) is 5.69 Å². The highest BCUT2D eigenvalue weighted by molar-refractivity contribution is 6.30. The molecule has 1 amide bonds. The molecule has 0 radical (unpaired) electrons. The third kappa shape index (κ3) is 3.48. The number of carbonyl (C=O) groups excluding carboxylic acids is 1. The van der Waals surface area contributed by atoms with Crippen molar-refractivity contribution in [2.45, 2.75) is 31.6 Å². The fraction of sp³-hybridized carbons (Fsp3) is 0.278. The highest BCUT2D eigenvalue weighted by Crippen LogP contribution is 2.39. The van der Waals surface area contributed by atoms with Gasteiger partial charge < -0.3 is 5.32 Å². The number of halogens is 2. The molecule has 26 heavy (non-hydrogen) atoms. The molecule has 0 spiro atoms. The molecule has 1 saturated carbocycles. The van der Waals surface area contributed by atoms with Gasteiger partial charge in [-0.05, 0) is 38.0 Å². The SMILES string of the molecule is C[C@@H](C(=O)Nc1cc(C2CC2)n[nH]1)c1cnn(-c2cc(F)cc(Cl)c2)c1. The number of aromatic nitrogens is 4. The van der Waals surface area contributed by atoms with E-state index in [4.69, 9.17) is 11.6 Å². The van der Waals surface area contributed by atoms with Crippen LogP contribution in [0.25, 0.3) is 5.69 Å². The molecule has 2 aromatic heterocycles. The molecule has 0 bridgehead atoms. The summed E-state index contributed by atoms with van der Waals surface area (Å²) in [5, 5.41) is 14.4. The quantitative estimate of drug-likeness (QED) is 0.709. The van der Waals surface area contributed by atoms with Crippen LogP contribution in [0.4, 0.5) is 10.2 Å². The predicted octanol–water partition coefficient (Wildman–Crippen LogP) is 4.01. The maximum atomic E-state index is 13.5. The molecule has 1 fully saturated rings. The molecule has 1 aromatic carbocycles. The summed E-state index contributed by atoms with van der Waals surface area (Å²) < 4.78 is 15.0. The van der Waals surface area contributed by atoms with E-state index in [1.807, 2.05) is 6.07 Å². The van der Waals surface area contributed by atoms with Crippen molar-refractivity contribution in [1.82, 2.24) is 20.0 Å². The summed E-state index contributed by atoms with van der Waals surface area (Å²) in [4.78, 5) is 12.5. The Hall–Kier alpha value is -2.67. The lowest BCUT2D eigenvalue weighted by atomic mass is 10.0. The number of hydrogen-bond donors (Lipinski definition) is 2. The zero-order chi connectivity index (χ0) is 18.3. The lowest BCUT2D eigenvalue weighted by molar-refractivity contribution is -0.117. The molecule has 1 atom stereocenters. The summed E-state index contributed by atoms with van der Waals surface area (Å²) in [5.74, 6) is 0.0630. The molecule has 1 aliphatic carbocycles. The van der Waals surface area contributed by atoms with Crippen molar-refractivity contribution in [3.63, 3.8) is 0 Å². The second-order valence-electron chi connectivity index (χ2n) is 6.54. The molecule has 0 saturated heterocycles. The summed E-state index contributed by atoms with van der Waals surface area (Å²) in [5.41, 5.74) is 2.20. The van der Waals surface area contributed by atoms with Gasteiger partial charge in [-0.2, -0.15) is 10.2 Å². The van der Waals surface area contributed by atoms with Crippen molar-refractivity contribution < 1.29 is 9.18 Å². The molecule has 0 unspecified atom stereocenters. The Kier molecular flexibility index (Phi) is 4.24. The van der Waals surface area contributed by atoms with Gasteiger partial charge in [0.2, 0.25) is 5.91 Å². The normalized spacial score (nSPS) is 15.0. The fourth-order valence-corrected chi connectivity index (χ4v) is 2.97. The first-order valence-corrected chi connectivity index (χ1v) is 8.74. The van der Waals surface area contributed by atoms with Gasteiger partial charge in [-0.15, -0.1) is 0 Å². The van der Waals surface area contributed by atoms with Crippen LogP contribution in [-0.2, 0) is 4.79 Å². The first kappa shape index (κ1) is 16.8. The Bertz CT molecular complexity index is 942. The molecule has 2 N–H and O–H groups in total. The van der Waals surface area contributed by atoms with Crippen LogP contribution in [0.2, 0.25) is 5.02 Å². The Morgan fingerprint density at radius 1 is 1.38 bits per heavy atom. The minimum Gasteiger partial charge on any atom is -0.311 e. The van der Waals surface area contributed by atoms with Crippen molar-refractivity contribution in [3.05, 3.63) is 58.8 Å². The van der Waals surface area contributed by atoms with Crippen LogP contribution in [0.5, 0.6) is 0 Å². The second kappa shape index (κ2) is 6.57. The van der Waals surface area contributed by atoms with Crippen molar-refractivity contribution in [2.24, 2.45) is 0 Å². The van der Waals surface area contributed by atoms with Crippen LogP contribution >= 0.6 is 11.6 Å². The monoisotopic (exact) mass is 373 g/mol. The molecular weight excluding hydrogens is 357 g/mol. The number of hydrogen-bond acceptors (Lipinski definition) is 3. The van der Waals surface area contributed by atoms with Crippen LogP contribution in [0.1, 0.15) is 42.9 Å². The third-order valence-electron chi connectivity index (χ3n) is 4.46. The van der Waals surface area contributed by atoms with Crippen molar-refractivity contribution in [2.75, 3.05) is 5.32 Å². The Morgan fingerprint density at radius 3 is 2.92 bits per heavy atom. The number of carbonyl (C=O) groups is 1. The minimum atomic E-state index is -0.443. The fourth-order valence-electron chi connectivity index (χ4n) is 2.75. The summed E-state index contributed by atoms with van der Waals surface area (Å²) in [6, 6.07) is 6.04. The average molecular weight is 374 g/mol. The second-order valence-corrected chi connectivity index (χ2v) is 6.97. The molecule has 0 aliphatic heterocycles. The van der Waals surface area contributed by atoms with Gasteiger partial charge in [-0.1, -0.05) is 11.6 Å². The number of nitrogens with zero attached hydrogens (tertiary/aromatic N) is 3. The standard InChI is InChI=1S/C18H17ClFN5O/c1-10(18(26)22-17-7-16(23-24-17)11-2-3-11)12-8-21-25(9-12)15-5-13(19)4-14(20)6-15/h4-11H,2-3H2,1H3,(H2,22,23,24,26)/t10-/m1/s1. The van der Waals surface area contributed by atoms with E-state index in [1.54, 1.807) is 25.4 Å². The third-order valence-corrected chi connectivity index (χ3v) is 4.68. The van der Waals surface area contributed by atoms with E-state index in [-0.39, 0.29) is 10.9 Å². The first-order chi connectivity index (χ1) is 12.5. The van der Waals surface area contributed by atoms with Crippen LogP contribution in [0.3, 0.4) is 0 Å². The van der Waals surface area contributed by atoms with Gasteiger partial charge >= 0.3 is 0 Å². The van der Waals surface area contributed by atoms with Crippen LogP contribution in [-0.4, -0.2) is 25.9 Å². The van der Waals surface area contributed by atoms with Gasteiger partial charge in [0.25, 0.3) is 0 Å². The Labute approximate surface area is 154 Å². The Balaban J connectivity index is 1.47. The molecule has 6 nitrogen and oxygen atoms in total. The van der Waals surface area contributed by atoms with E-state index in [9.17, 15) is 9.18 Å². The maximum absolute atomic E-state index is 13.5. The number of aromatic amines is 1. The lowest BCUT2D eigenvalue weighted by Crippen LogP contribution is -2.18. The van der Waals surface area contributed by atoms with E-state index in [0.29, 0.717) is 23.0 Å². The van der Waals surface area contributed by atoms with Gasteiger partial charge in [0.1, 0.15) is 11.6 Å². The number of anilines is 1. The molecule has 8 heteroatoms. The zero-order valence-electron chi connectivity index (χ0n) is 14.0. The van der Waals surface area contributed by atoms with Crippen LogP contribution in [0, 0.1) is 5.82 Å². The van der Waals surface area contributed by atoms with E-state index in [1.165, 1.54) is 16.8 Å². The summed E-state index contributed by atoms with van der Waals surface area (Å²) in [6.45, 7) is 1.79. The van der Waals surface area contributed by atoms with E-state index < -0.39 is 11.7 Å². The minimum absolute atomic E-state index is 0.173. The number of H-pyrrole nitrogens is 1. The number of benzene rings is 1. The predicted molar refractivity (Wildman–Crippen MR) is 96.1 cm³/mol. The van der Waals surface area contributed by atoms with Gasteiger partial charge in [0.05, 0.1) is 23.5 Å². The molecule has 134 valence electrons. The number of nitrogens with one attached hydrogen (secondary N) is 2. The molecule has 2 heterocycles. The molecule has 1 aliphatic rings. The molecule has 3 aromatic rings. The van der Waals surface area contributed by atoms with Crippen molar-refractivity contribution in [1.29, 1.82) is 0 Å². The average Bonchev–Trinajstić information content (AvgIpc) is 3.15. The van der Waals surface area contributed by atoms with Gasteiger partial charge in [0.15, 0.2) is 0 Å². The smallest absolute Gasteiger partial charge is 0.232 e. The summed E-state index contributed by atoms with van der Waals surface area (Å²) in [6.07, 6.45) is 5.58. The highest BCUT2D eigenvalue weighted by Gasteiger charge is 2.26. The molecular formula is C18H17ClFN5O. The van der Waals surface area contributed by atoms with E-state index in [0.717, 1.165) is 18.5 Å². The van der Waals surface area contributed by atoms with Gasteiger partial charge in [-0.25, -0.2) is 9.07 Å². The zero-order valence-corrected chi connectivity index (χ0v) is 14.8. The van der Waals surface area contributed by atoms with Gasteiger partial charge in [-0.3, -0.25) is 9.89 Å². The first-order valence-electron chi connectivity index (χ1n) is 8.37. The number of rotatable bonds is 5. The lowest BCUT2D eigenvalue weighted by Gasteiger charge is -2.08. The topological polar surface area (TPSA) is 75.6 Å². The molecule has 4 rings (SSSR count). The number of amides is 1. The highest BCUT2D eigenvalue weighted by atomic mass is 35.5. The summed E-state index contributed by atoms with van der Waals surface area (Å²) >= 11 is 5.88. The largest absolute Gasteiger partial charge is 0.311 e.